The molecule has 7 nitrogen and oxygen atoms in total. The molecule has 2 N–H and O–H groups in total. The minimum atomic E-state index is -0.788. The number of aryl methyl sites for hydroxylation is 1. The topological polar surface area (TPSA) is 110 Å². The van der Waals surface area contributed by atoms with Crippen molar-refractivity contribution in [1.29, 1.82) is 0 Å². The molecule has 0 aliphatic heterocycles. The molecule has 0 unspecified atom stereocenters. The number of carboxylic acids is 1. The highest BCUT2D eigenvalue weighted by Crippen LogP contribution is 2.29. The highest BCUT2D eigenvalue weighted by Gasteiger charge is 2.28. The lowest BCUT2D eigenvalue weighted by atomic mass is 9.86. The third kappa shape index (κ3) is 3.57. The van der Waals surface area contributed by atoms with Gasteiger partial charge in [0.25, 0.3) is 11.6 Å². The van der Waals surface area contributed by atoms with Crippen LogP contribution in [0, 0.1) is 23.0 Å². The molecule has 0 radical (unpaired) electrons. The van der Waals surface area contributed by atoms with Crippen LogP contribution in [0.25, 0.3) is 0 Å². The summed E-state index contributed by atoms with van der Waals surface area (Å²) in [5.41, 5.74) is -0.0419. The molecule has 8 heteroatoms. The van der Waals surface area contributed by atoms with E-state index in [1.165, 1.54) is 6.07 Å². The first-order chi connectivity index (χ1) is 9.88. The number of nitrogens with zero attached hydrogens (tertiary/aromatic N) is 1. The van der Waals surface area contributed by atoms with Gasteiger partial charge in [0.2, 0.25) is 0 Å². The van der Waals surface area contributed by atoms with Gasteiger partial charge in [0, 0.05) is 12.1 Å². The standard InChI is InChI=1S/C13H16N2O5S/c1-7-10(15(19)20)6-11(21-7)12(16)14-9-4-2-8(3-5-9)13(17)18/h6,8-9H,2-5H2,1H3,(H,14,16)(H,17,18). The molecule has 1 heterocycles. The van der Waals surface area contributed by atoms with Gasteiger partial charge in [-0.05, 0) is 32.6 Å². The summed E-state index contributed by atoms with van der Waals surface area (Å²) in [5, 5.41) is 22.5. The molecule has 1 aromatic rings. The van der Waals surface area contributed by atoms with Crippen molar-refractivity contribution < 1.29 is 19.6 Å². The van der Waals surface area contributed by atoms with Gasteiger partial charge in [0.15, 0.2) is 0 Å². The predicted molar refractivity (Wildman–Crippen MR) is 76.6 cm³/mol. The van der Waals surface area contributed by atoms with E-state index in [4.69, 9.17) is 5.11 Å². The van der Waals surface area contributed by atoms with Crippen LogP contribution in [-0.4, -0.2) is 27.9 Å². The van der Waals surface area contributed by atoms with Crippen LogP contribution in [0.2, 0.25) is 0 Å². The van der Waals surface area contributed by atoms with Crippen molar-refractivity contribution in [3.8, 4) is 0 Å². The molecule has 1 saturated carbocycles. The largest absolute Gasteiger partial charge is 0.481 e. The number of carboxylic acid groups (broad SMARTS) is 1. The van der Waals surface area contributed by atoms with Crippen LogP contribution in [0.3, 0.4) is 0 Å². The Hall–Kier alpha value is -1.96. The number of hydrogen-bond acceptors (Lipinski definition) is 5. The van der Waals surface area contributed by atoms with E-state index in [0.717, 1.165) is 11.3 Å². The monoisotopic (exact) mass is 312 g/mol. The molecule has 0 aromatic carbocycles. The van der Waals surface area contributed by atoms with Gasteiger partial charge < -0.3 is 10.4 Å². The molecule has 1 aromatic heterocycles. The molecule has 21 heavy (non-hydrogen) atoms. The summed E-state index contributed by atoms with van der Waals surface area (Å²) in [6.45, 7) is 1.61. The van der Waals surface area contributed by atoms with Crippen LogP contribution in [0.5, 0.6) is 0 Å². The fourth-order valence-corrected chi connectivity index (χ4v) is 3.40. The van der Waals surface area contributed by atoms with Gasteiger partial charge in [-0.15, -0.1) is 11.3 Å². The summed E-state index contributed by atoms with van der Waals surface area (Å²) in [5.74, 6) is -1.44. The Kier molecular flexibility index (Phi) is 4.56. The van der Waals surface area contributed by atoms with Crippen LogP contribution in [0.15, 0.2) is 6.07 Å². The number of amides is 1. The van der Waals surface area contributed by atoms with Gasteiger partial charge in [-0.1, -0.05) is 0 Å². The normalized spacial score (nSPS) is 21.8. The third-order valence-corrected chi connectivity index (χ3v) is 4.76. The molecule has 0 bridgehead atoms. The zero-order chi connectivity index (χ0) is 15.6. The third-order valence-electron chi connectivity index (χ3n) is 3.72. The number of rotatable bonds is 4. The first kappa shape index (κ1) is 15.4. The zero-order valence-electron chi connectivity index (χ0n) is 11.5. The molecule has 114 valence electrons. The number of nitro groups is 1. The molecule has 1 amide bonds. The predicted octanol–water partition coefficient (Wildman–Crippen LogP) is 2.34. The Labute approximate surface area is 125 Å². The Morgan fingerprint density at radius 3 is 2.48 bits per heavy atom. The van der Waals surface area contributed by atoms with E-state index in [1.807, 2.05) is 0 Å². The number of nitrogens with one attached hydrogen (secondary N) is 1. The highest BCUT2D eigenvalue weighted by molar-refractivity contribution is 7.14. The zero-order valence-corrected chi connectivity index (χ0v) is 12.3. The molecule has 0 atom stereocenters. The summed E-state index contributed by atoms with van der Waals surface area (Å²) < 4.78 is 0. The highest BCUT2D eigenvalue weighted by atomic mass is 32.1. The lowest BCUT2D eigenvalue weighted by Crippen LogP contribution is -2.38. The number of carbonyl (C=O) groups excluding carboxylic acids is 1. The van der Waals surface area contributed by atoms with Crippen molar-refractivity contribution >= 4 is 28.9 Å². The Bertz CT molecular complexity index is 575. The summed E-state index contributed by atoms with van der Waals surface area (Å²) >= 11 is 1.10. The minimum absolute atomic E-state index is 0.0419. The van der Waals surface area contributed by atoms with Crippen LogP contribution >= 0.6 is 11.3 Å². The first-order valence-electron chi connectivity index (χ1n) is 6.67. The van der Waals surface area contributed by atoms with E-state index in [0.29, 0.717) is 35.4 Å². The second kappa shape index (κ2) is 6.21. The second-order valence-electron chi connectivity index (χ2n) is 5.17. The Morgan fingerprint density at radius 1 is 1.38 bits per heavy atom. The summed E-state index contributed by atoms with van der Waals surface area (Å²) in [6.07, 6.45) is 2.33. The van der Waals surface area contributed by atoms with Gasteiger partial charge in [0.05, 0.1) is 20.6 Å². The van der Waals surface area contributed by atoms with Gasteiger partial charge in [0.1, 0.15) is 0 Å². The van der Waals surface area contributed by atoms with E-state index in [9.17, 15) is 19.7 Å². The van der Waals surface area contributed by atoms with Crippen molar-refractivity contribution in [2.75, 3.05) is 0 Å². The van der Waals surface area contributed by atoms with E-state index >= 15 is 0 Å². The van der Waals surface area contributed by atoms with E-state index in [2.05, 4.69) is 5.32 Å². The molecule has 1 fully saturated rings. The molecule has 2 rings (SSSR count). The summed E-state index contributed by atoms with van der Waals surface area (Å²) in [4.78, 5) is 34.0. The maximum Gasteiger partial charge on any atom is 0.306 e. The van der Waals surface area contributed by atoms with E-state index < -0.39 is 10.9 Å². The van der Waals surface area contributed by atoms with E-state index in [-0.39, 0.29) is 23.6 Å². The van der Waals surface area contributed by atoms with E-state index in [1.54, 1.807) is 6.92 Å². The van der Waals surface area contributed by atoms with Gasteiger partial charge >= 0.3 is 5.97 Å². The Balaban J connectivity index is 1.95. The van der Waals surface area contributed by atoms with Crippen LogP contribution in [0.1, 0.15) is 40.2 Å². The second-order valence-corrected chi connectivity index (χ2v) is 6.43. The fraction of sp³-hybridized carbons (Fsp3) is 0.538. The van der Waals surface area contributed by atoms with Crippen molar-refractivity contribution in [2.45, 2.75) is 38.6 Å². The smallest absolute Gasteiger partial charge is 0.306 e. The molecular formula is C13H16N2O5S. The molecule has 1 aliphatic rings. The quantitative estimate of drug-likeness (QED) is 0.655. The van der Waals surface area contributed by atoms with Crippen LogP contribution < -0.4 is 5.32 Å². The van der Waals surface area contributed by atoms with Crippen molar-refractivity contribution in [2.24, 2.45) is 5.92 Å². The molecule has 0 saturated heterocycles. The SMILES string of the molecule is Cc1sc(C(=O)NC2CCC(C(=O)O)CC2)cc1[N+](=O)[O-]. The Morgan fingerprint density at radius 2 is 2.00 bits per heavy atom. The van der Waals surface area contributed by atoms with Gasteiger partial charge in [-0.2, -0.15) is 0 Å². The summed E-state index contributed by atoms with van der Waals surface area (Å²) in [7, 11) is 0. The number of hydrogen-bond donors (Lipinski definition) is 2. The number of thiophene rings is 1. The molecular weight excluding hydrogens is 296 g/mol. The number of carbonyl (C=O) groups is 2. The summed E-state index contributed by atoms with van der Waals surface area (Å²) in [6, 6.07) is 1.23. The average molecular weight is 312 g/mol. The first-order valence-corrected chi connectivity index (χ1v) is 7.48. The van der Waals surface area contributed by atoms with Crippen molar-refractivity contribution in [3.63, 3.8) is 0 Å². The average Bonchev–Trinajstić information content (AvgIpc) is 2.81. The van der Waals surface area contributed by atoms with Crippen LogP contribution in [0.4, 0.5) is 5.69 Å². The van der Waals surface area contributed by atoms with Gasteiger partial charge in [-0.3, -0.25) is 19.7 Å². The fourth-order valence-electron chi connectivity index (χ4n) is 2.51. The van der Waals surface area contributed by atoms with Crippen LogP contribution in [-0.2, 0) is 4.79 Å². The molecule has 0 spiro atoms. The molecule has 1 aliphatic carbocycles. The van der Waals surface area contributed by atoms with Crippen molar-refractivity contribution in [1.82, 2.24) is 5.32 Å². The minimum Gasteiger partial charge on any atom is -0.481 e. The van der Waals surface area contributed by atoms with Crippen molar-refractivity contribution in [3.05, 3.63) is 25.9 Å². The maximum atomic E-state index is 12.1. The lowest BCUT2D eigenvalue weighted by Gasteiger charge is -2.26. The number of aliphatic carboxylic acids is 1. The maximum absolute atomic E-state index is 12.1. The lowest BCUT2D eigenvalue weighted by molar-refractivity contribution is -0.385. The van der Waals surface area contributed by atoms with Gasteiger partial charge in [-0.25, -0.2) is 0 Å².